The van der Waals surface area contributed by atoms with Crippen LogP contribution in [-0.2, 0) is 18.9 Å². The summed E-state index contributed by atoms with van der Waals surface area (Å²) >= 11 is 0. The summed E-state index contributed by atoms with van der Waals surface area (Å²) in [5.41, 5.74) is 0. The Labute approximate surface area is 139 Å². The standard InChI is InChI=1S/C13H24O11/c1-21-12-10(20)8(18)11(5(3-15)23-12)24-13-9(19)7(17)6(16)4(2-14)22-13/h4-20H,2-3H2,1H3/t4-,5-,6-,7+,8-,9-,10-,11-,12+,13+/m1/s1/i11D. The van der Waals surface area contributed by atoms with Crippen molar-refractivity contribution >= 4 is 0 Å². The lowest BCUT2D eigenvalue weighted by Crippen LogP contribution is -2.64. The monoisotopic (exact) mass is 357 g/mol. The van der Waals surface area contributed by atoms with E-state index in [-0.39, 0.29) is 0 Å². The third-order valence-electron chi connectivity index (χ3n) is 4.01. The highest BCUT2D eigenvalue weighted by Crippen LogP contribution is 2.29. The molecule has 2 saturated heterocycles. The first-order valence-corrected chi connectivity index (χ1v) is 7.34. The van der Waals surface area contributed by atoms with Crippen LogP contribution in [0.15, 0.2) is 0 Å². The first-order valence-electron chi connectivity index (χ1n) is 7.84. The normalized spacial score (nSPS) is 53.7. The number of rotatable bonds is 5. The zero-order valence-electron chi connectivity index (χ0n) is 13.9. The van der Waals surface area contributed by atoms with Crippen LogP contribution < -0.4 is 0 Å². The average molecular weight is 357 g/mol. The fourth-order valence-corrected chi connectivity index (χ4v) is 2.59. The van der Waals surface area contributed by atoms with Gasteiger partial charge in [-0.3, -0.25) is 0 Å². The molecule has 2 aliphatic heterocycles. The van der Waals surface area contributed by atoms with Crippen LogP contribution in [0.4, 0.5) is 0 Å². The third kappa shape index (κ3) is 3.71. The lowest BCUT2D eigenvalue weighted by Gasteiger charge is -2.45. The van der Waals surface area contributed by atoms with Gasteiger partial charge in [-0.15, -0.1) is 0 Å². The molecule has 0 saturated carbocycles. The minimum Gasteiger partial charge on any atom is -0.394 e. The molecule has 10 atom stereocenters. The van der Waals surface area contributed by atoms with Crippen molar-refractivity contribution in [3.05, 3.63) is 0 Å². The van der Waals surface area contributed by atoms with Crippen LogP contribution in [0.25, 0.3) is 0 Å². The first-order chi connectivity index (χ1) is 11.7. The van der Waals surface area contributed by atoms with Gasteiger partial charge in [0.2, 0.25) is 0 Å². The van der Waals surface area contributed by atoms with Gasteiger partial charge in [-0.05, 0) is 0 Å². The zero-order chi connectivity index (χ0) is 18.9. The summed E-state index contributed by atoms with van der Waals surface area (Å²) in [5.74, 6) is 0. The molecule has 2 heterocycles. The van der Waals surface area contributed by atoms with Crippen molar-refractivity contribution < 1.29 is 56.1 Å². The first kappa shape index (κ1) is 18.4. The van der Waals surface area contributed by atoms with Crippen molar-refractivity contribution in [1.82, 2.24) is 0 Å². The van der Waals surface area contributed by atoms with Gasteiger partial charge < -0.3 is 54.7 Å². The van der Waals surface area contributed by atoms with E-state index in [9.17, 15) is 30.6 Å². The fourth-order valence-electron chi connectivity index (χ4n) is 2.59. The Kier molecular flexibility index (Phi) is 6.34. The van der Waals surface area contributed by atoms with Crippen molar-refractivity contribution in [3.63, 3.8) is 0 Å². The fraction of sp³-hybridized carbons (Fsp3) is 1.00. The second-order valence-corrected chi connectivity index (χ2v) is 5.56. The van der Waals surface area contributed by atoms with Gasteiger partial charge in [-0.25, -0.2) is 0 Å². The number of ether oxygens (including phenoxy) is 4. The molecule has 142 valence electrons. The van der Waals surface area contributed by atoms with E-state index in [2.05, 4.69) is 0 Å². The van der Waals surface area contributed by atoms with E-state index in [1.54, 1.807) is 0 Å². The van der Waals surface area contributed by atoms with Crippen molar-refractivity contribution in [1.29, 1.82) is 0 Å². The topological polar surface area (TPSA) is 179 Å². The average Bonchev–Trinajstić information content (AvgIpc) is 2.60. The van der Waals surface area contributed by atoms with Crippen molar-refractivity contribution in [2.45, 2.75) is 61.4 Å². The number of hydrogen-bond acceptors (Lipinski definition) is 11. The van der Waals surface area contributed by atoms with Crippen LogP contribution in [0.1, 0.15) is 1.37 Å². The second kappa shape index (κ2) is 8.29. The molecule has 0 aliphatic carbocycles. The molecule has 11 heteroatoms. The summed E-state index contributed by atoms with van der Waals surface area (Å²) in [7, 11) is 1.18. The smallest absolute Gasteiger partial charge is 0.187 e. The summed E-state index contributed by atoms with van der Waals surface area (Å²) in [6.07, 6.45) is -17.3. The summed E-state index contributed by atoms with van der Waals surface area (Å²) in [6, 6.07) is 0. The SMILES string of the molecule is [2H][C@]1(O[C@@H]2O[C@H](CO)[C@@H](O)[C@H](O)[C@H]2O)[C@H](O)[C@@H](O)[C@@H](OC)O[C@@H]1CO. The summed E-state index contributed by atoms with van der Waals surface area (Å²) in [4.78, 5) is 0. The number of methoxy groups -OCH3 is 1. The molecule has 11 nitrogen and oxygen atoms in total. The number of aliphatic hydroxyl groups excluding tert-OH is 7. The molecule has 0 radical (unpaired) electrons. The highest BCUT2D eigenvalue weighted by molar-refractivity contribution is 4.93. The highest BCUT2D eigenvalue weighted by atomic mass is 16.7. The van der Waals surface area contributed by atoms with Gasteiger partial charge in [0.15, 0.2) is 12.6 Å². The minimum atomic E-state index is -2.50. The van der Waals surface area contributed by atoms with E-state index >= 15 is 0 Å². The number of hydrogen-bond donors (Lipinski definition) is 7. The maximum Gasteiger partial charge on any atom is 0.187 e. The molecule has 2 rings (SSSR count). The molecule has 0 bridgehead atoms. The Bertz CT molecular complexity index is 436. The molecule has 0 aromatic rings. The van der Waals surface area contributed by atoms with Gasteiger partial charge in [0.1, 0.15) is 48.8 Å². The van der Waals surface area contributed by atoms with Crippen molar-refractivity contribution in [2.24, 2.45) is 0 Å². The second-order valence-electron chi connectivity index (χ2n) is 5.56. The third-order valence-corrected chi connectivity index (χ3v) is 4.01. The van der Waals surface area contributed by atoms with E-state index < -0.39 is 74.6 Å². The van der Waals surface area contributed by atoms with Gasteiger partial charge >= 0.3 is 0 Å². The Hall–Kier alpha value is -0.440. The molecule has 0 aromatic carbocycles. The molecule has 2 fully saturated rings. The lowest BCUT2D eigenvalue weighted by molar-refractivity contribution is -0.357. The van der Waals surface area contributed by atoms with E-state index in [1.165, 1.54) is 7.11 Å². The van der Waals surface area contributed by atoms with Crippen LogP contribution in [-0.4, -0.2) is 117 Å². The summed E-state index contributed by atoms with van der Waals surface area (Å²) < 4.78 is 28.6. The summed E-state index contributed by atoms with van der Waals surface area (Å²) in [5, 5.41) is 68.2. The largest absolute Gasteiger partial charge is 0.394 e. The van der Waals surface area contributed by atoms with Crippen LogP contribution in [0.3, 0.4) is 0 Å². The van der Waals surface area contributed by atoms with Crippen molar-refractivity contribution in [3.8, 4) is 0 Å². The van der Waals surface area contributed by atoms with Gasteiger partial charge in [0.25, 0.3) is 0 Å². The predicted octanol–water partition coefficient (Wildman–Crippen LogP) is -4.74. The Morgan fingerprint density at radius 2 is 1.33 bits per heavy atom. The molecule has 0 aromatic heterocycles. The Morgan fingerprint density at radius 1 is 0.792 bits per heavy atom. The van der Waals surface area contributed by atoms with Gasteiger partial charge in [-0.2, -0.15) is 0 Å². The molecule has 24 heavy (non-hydrogen) atoms. The molecular formula is C13H24O11. The van der Waals surface area contributed by atoms with Crippen LogP contribution in [0.2, 0.25) is 0 Å². The quantitative estimate of drug-likeness (QED) is 0.251. The van der Waals surface area contributed by atoms with Crippen LogP contribution in [0, 0.1) is 0 Å². The van der Waals surface area contributed by atoms with Crippen molar-refractivity contribution in [2.75, 3.05) is 20.3 Å². The van der Waals surface area contributed by atoms with Gasteiger partial charge in [-0.1, -0.05) is 0 Å². The molecule has 0 amide bonds. The molecule has 7 N–H and O–H groups in total. The minimum absolute atomic E-state index is 0.716. The van der Waals surface area contributed by atoms with E-state index in [1.807, 2.05) is 0 Å². The molecule has 2 aliphatic rings. The zero-order valence-corrected chi connectivity index (χ0v) is 12.9. The molecule has 0 spiro atoms. The Balaban J connectivity index is 2.23. The maximum absolute atomic E-state index is 10.2. The molecular weight excluding hydrogens is 332 g/mol. The maximum atomic E-state index is 10.2. The van der Waals surface area contributed by atoms with Gasteiger partial charge in [0, 0.05) is 7.11 Å². The Morgan fingerprint density at radius 3 is 1.88 bits per heavy atom. The van der Waals surface area contributed by atoms with E-state index in [4.69, 9.17) is 25.4 Å². The van der Waals surface area contributed by atoms with Crippen LogP contribution >= 0.6 is 0 Å². The highest BCUT2D eigenvalue weighted by Gasteiger charge is 2.50. The predicted molar refractivity (Wildman–Crippen MR) is 73.4 cm³/mol. The van der Waals surface area contributed by atoms with E-state index in [0.29, 0.717) is 0 Å². The number of aliphatic hydroxyl groups is 7. The lowest BCUT2D eigenvalue weighted by atomic mass is 9.97. The summed E-state index contributed by atoms with van der Waals surface area (Å²) in [6.45, 7) is -1.52. The van der Waals surface area contributed by atoms with E-state index in [0.717, 1.165) is 0 Å². The molecule has 0 unspecified atom stereocenters. The van der Waals surface area contributed by atoms with Crippen LogP contribution in [0.5, 0.6) is 0 Å². The van der Waals surface area contributed by atoms with Gasteiger partial charge in [0.05, 0.1) is 14.6 Å².